The quantitative estimate of drug-likeness (QED) is 0.568. The number of H-pyrrole nitrogens is 1. The number of fused-ring (bicyclic) bond motifs is 1. The highest BCUT2D eigenvalue weighted by molar-refractivity contribution is 6.45. The molecule has 0 spiro atoms. The number of amides is 1. The van der Waals surface area contributed by atoms with Gasteiger partial charge in [0.25, 0.3) is 11.7 Å². The van der Waals surface area contributed by atoms with Gasteiger partial charge in [-0.2, -0.15) is 0 Å². The molecule has 0 aliphatic heterocycles. The molecule has 6 heteroatoms. The highest BCUT2D eigenvalue weighted by Gasteiger charge is 2.20. The average molecular weight is 331 g/mol. The largest absolute Gasteiger partial charge is 0.360 e. The van der Waals surface area contributed by atoms with Crippen LogP contribution in [-0.4, -0.2) is 16.7 Å². The summed E-state index contributed by atoms with van der Waals surface area (Å²) in [6, 6.07) is 11.1. The summed E-state index contributed by atoms with van der Waals surface area (Å²) in [5.41, 5.74) is 1.24. The fourth-order valence-corrected chi connectivity index (χ4v) is 2.48. The van der Waals surface area contributed by atoms with E-state index in [2.05, 4.69) is 10.3 Å². The predicted molar refractivity (Wildman–Crippen MR) is 85.9 cm³/mol. The Balaban J connectivity index is 1.76. The number of Topliss-reactive ketones (excluding diaryl/α,β-unsaturated/α-hetero) is 1. The number of carbonyl (C=O) groups is 2. The van der Waals surface area contributed by atoms with Crippen LogP contribution in [0.25, 0.3) is 10.9 Å². The Kier molecular flexibility index (Phi) is 4.12. The summed E-state index contributed by atoms with van der Waals surface area (Å²) in [6.07, 6.45) is 1.46. The van der Waals surface area contributed by atoms with Gasteiger partial charge in [0.05, 0.1) is 5.56 Å². The number of hydrogen-bond acceptors (Lipinski definition) is 2. The van der Waals surface area contributed by atoms with Crippen LogP contribution in [-0.2, 0) is 11.3 Å². The molecule has 3 aromatic rings. The van der Waals surface area contributed by atoms with Gasteiger partial charge in [-0.15, -0.1) is 0 Å². The molecule has 1 amide bonds. The summed E-state index contributed by atoms with van der Waals surface area (Å²) < 4.78 is 13.5. The molecule has 2 N–H and O–H groups in total. The number of aromatic nitrogens is 1. The van der Waals surface area contributed by atoms with Crippen LogP contribution in [0.1, 0.15) is 15.9 Å². The zero-order chi connectivity index (χ0) is 16.4. The van der Waals surface area contributed by atoms with Gasteiger partial charge in [-0.3, -0.25) is 9.59 Å². The first-order valence-corrected chi connectivity index (χ1v) is 7.26. The summed E-state index contributed by atoms with van der Waals surface area (Å²) in [7, 11) is 0. The lowest BCUT2D eigenvalue weighted by Gasteiger charge is -2.05. The minimum absolute atomic E-state index is 0.0502. The minimum Gasteiger partial charge on any atom is -0.360 e. The van der Waals surface area contributed by atoms with Crippen molar-refractivity contribution in [1.82, 2.24) is 10.3 Å². The van der Waals surface area contributed by atoms with E-state index >= 15 is 0 Å². The van der Waals surface area contributed by atoms with Crippen LogP contribution in [0.4, 0.5) is 4.39 Å². The highest BCUT2D eigenvalue weighted by atomic mass is 35.5. The molecule has 3 rings (SSSR count). The van der Waals surface area contributed by atoms with E-state index in [1.54, 1.807) is 36.4 Å². The topological polar surface area (TPSA) is 62.0 Å². The second-order valence-corrected chi connectivity index (χ2v) is 5.43. The lowest BCUT2D eigenvalue weighted by molar-refractivity contribution is -0.117. The molecule has 1 heterocycles. The molecule has 0 radical (unpaired) electrons. The van der Waals surface area contributed by atoms with Crippen LogP contribution < -0.4 is 5.32 Å². The van der Waals surface area contributed by atoms with E-state index in [4.69, 9.17) is 11.6 Å². The molecule has 0 saturated carbocycles. The summed E-state index contributed by atoms with van der Waals surface area (Å²) in [6.45, 7) is -0.0502. The van der Waals surface area contributed by atoms with Crippen LogP contribution in [0, 0.1) is 5.82 Å². The van der Waals surface area contributed by atoms with Crippen molar-refractivity contribution < 1.29 is 14.0 Å². The van der Waals surface area contributed by atoms with Gasteiger partial charge >= 0.3 is 0 Å². The molecule has 0 saturated heterocycles. The molecule has 0 bridgehead atoms. The van der Waals surface area contributed by atoms with Gasteiger partial charge in [-0.1, -0.05) is 35.9 Å². The molecular weight excluding hydrogens is 319 g/mol. The lowest BCUT2D eigenvalue weighted by Crippen LogP contribution is -2.30. The van der Waals surface area contributed by atoms with E-state index in [9.17, 15) is 14.0 Å². The van der Waals surface area contributed by atoms with Crippen molar-refractivity contribution >= 4 is 34.2 Å². The first-order chi connectivity index (χ1) is 11.1. The third-order valence-electron chi connectivity index (χ3n) is 3.49. The van der Waals surface area contributed by atoms with Crippen LogP contribution in [0.5, 0.6) is 0 Å². The van der Waals surface area contributed by atoms with Gasteiger partial charge in [0.15, 0.2) is 0 Å². The molecule has 2 aromatic carbocycles. The SMILES string of the molecule is O=C(NCc1ccccc1F)C(=O)c1c[nH]c2cc(Cl)ccc12. The molecule has 4 nitrogen and oxygen atoms in total. The fraction of sp³-hybridized carbons (Fsp3) is 0.0588. The Labute approximate surface area is 136 Å². The number of benzene rings is 2. The van der Waals surface area contributed by atoms with Crippen molar-refractivity contribution in [2.45, 2.75) is 6.54 Å². The third-order valence-corrected chi connectivity index (χ3v) is 3.73. The van der Waals surface area contributed by atoms with E-state index in [1.807, 2.05) is 0 Å². The standard InChI is InChI=1S/C17H12ClFN2O2/c18-11-5-6-12-13(9-20-15(12)7-11)16(22)17(23)21-8-10-3-1-2-4-14(10)19/h1-7,9,20H,8H2,(H,21,23). The Bertz CT molecular complexity index is 904. The molecule has 0 atom stereocenters. The fourth-order valence-electron chi connectivity index (χ4n) is 2.31. The van der Waals surface area contributed by atoms with Crippen molar-refractivity contribution in [3.05, 3.63) is 70.6 Å². The second kappa shape index (κ2) is 6.22. The predicted octanol–water partition coefficient (Wildman–Crippen LogP) is 3.46. The number of rotatable bonds is 4. The van der Waals surface area contributed by atoms with Crippen molar-refractivity contribution in [2.75, 3.05) is 0 Å². The van der Waals surface area contributed by atoms with Gasteiger partial charge in [0, 0.05) is 34.2 Å². The maximum Gasteiger partial charge on any atom is 0.292 e. The first-order valence-electron chi connectivity index (χ1n) is 6.89. The Hall–Kier alpha value is -2.66. The molecule has 0 aliphatic carbocycles. The highest BCUT2D eigenvalue weighted by Crippen LogP contribution is 2.22. The van der Waals surface area contributed by atoms with Crippen LogP contribution in [0.15, 0.2) is 48.7 Å². The summed E-state index contributed by atoms with van der Waals surface area (Å²) in [5, 5.41) is 3.58. The van der Waals surface area contributed by atoms with E-state index in [0.717, 1.165) is 0 Å². The maximum atomic E-state index is 13.5. The monoisotopic (exact) mass is 330 g/mol. The summed E-state index contributed by atoms with van der Waals surface area (Å²) in [4.78, 5) is 27.2. The Morgan fingerprint density at radius 1 is 1.17 bits per heavy atom. The van der Waals surface area contributed by atoms with Gasteiger partial charge < -0.3 is 10.3 Å². The summed E-state index contributed by atoms with van der Waals surface area (Å²) >= 11 is 5.88. The molecular formula is C17H12ClFN2O2. The molecule has 23 heavy (non-hydrogen) atoms. The molecule has 1 aromatic heterocycles. The Morgan fingerprint density at radius 2 is 1.96 bits per heavy atom. The zero-order valence-electron chi connectivity index (χ0n) is 11.9. The number of halogens is 2. The second-order valence-electron chi connectivity index (χ2n) is 5.00. The van der Waals surface area contributed by atoms with E-state index in [-0.39, 0.29) is 12.1 Å². The molecule has 0 unspecified atom stereocenters. The van der Waals surface area contributed by atoms with E-state index < -0.39 is 17.5 Å². The normalized spacial score (nSPS) is 10.7. The van der Waals surface area contributed by atoms with Crippen LogP contribution in [0.3, 0.4) is 0 Å². The van der Waals surface area contributed by atoms with Gasteiger partial charge in [-0.25, -0.2) is 4.39 Å². The molecule has 0 aliphatic rings. The molecule has 116 valence electrons. The van der Waals surface area contributed by atoms with Gasteiger partial charge in [-0.05, 0) is 18.2 Å². The van der Waals surface area contributed by atoms with Crippen molar-refractivity contribution in [3.63, 3.8) is 0 Å². The Morgan fingerprint density at radius 3 is 2.74 bits per heavy atom. The maximum absolute atomic E-state index is 13.5. The van der Waals surface area contributed by atoms with Crippen molar-refractivity contribution in [1.29, 1.82) is 0 Å². The lowest BCUT2D eigenvalue weighted by atomic mass is 10.1. The number of ketones is 1. The number of carbonyl (C=O) groups excluding carboxylic acids is 2. The van der Waals surface area contributed by atoms with Crippen LogP contribution in [0.2, 0.25) is 5.02 Å². The third kappa shape index (κ3) is 3.10. The van der Waals surface area contributed by atoms with E-state index in [0.29, 0.717) is 21.5 Å². The zero-order valence-corrected chi connectivity index (χ0v) is 12.7. The van der Waals surface area contributed by atoms with E-state index in [1.165, 1.54) is 12.3 Å². The average Bonchev–Trinajstić information content (AvgIpc) is 2.96. The molecule has 0 fully saturated rings. The smallest absolute Gasteiger partial charge is 0.292 e. The van der Waals surface area contributed by atoms with Crippen molar-refractivity contribution in [3.8, 4) is 0 Å². The van der Waals surface area contributed by atoms with Crippen molar-refractivity contribution in [2.24, 2.45) is 0 Å². The number of aromatic amines is 1. The first kappa shape index (κ1) is 15.2. The van der Waals surface area contributed by atoms with Gasteiger partial charge in [0.2, 0.25) is 0 Å². The van der Waals surface area contributed by atoms with Crippen LogP contribution >= 0.6 is 11.6 Å². The summed E-state index contributed by atoms with van der Waals surface area (Å²) in [5.74, 6) is -1.90. The van der Waals surface area contributed by atoms with Gasteiger partial charge in [0.1, 0.15) is 5.82 Å². The minimum atomic E-state index is -0.788. The number of nitrogens with one attached hydrogen (secondary N) is 2. The number of hydrogen-bond donors (Lipinski definition) is 2.